The van der Waals surface area contributed by atoms with Crippen LogP contribution in [-0.4, -0.2) is 25.1 Å². The van der Waals surface area contributed by atoms with Crippen molar-refractivity contribution >= 4 is 51.2 Å². The van der Waals surface area contributed by atoms with E-state index >= 15 is 0 Å². The molecule has 32 heavy (non-hydrogen) atoms. The summed E-state index contributed by atoms with van der Waals surface area (Å²) in [5.74, 6) is -0.558. The Morgan fingerprint density at radius 2 is 1.88 bits per heavy atom. The van der Waals surface area contributed by atoms with Crippen LogP contribution in [0.2, 0.25) is 5.02 Å². The molecule has 0 unspecified atom stereocenters. The number of benzene rings is 3. The van der Waals surface area contributed by atoms with Crippen molar-refractivity contribution in [1.82, 2.24) is 5.43 Å². The molecule has 0 saturated heterocycles. The molecule has 0 fully saturated rings. The zero-order valence-electron chi connectivity index (χ0n) is 17.0. The highest BCUT2D eigenvalue weighted by Crippen LogP contribution is 2.27. The second-order valence-corrected chi connectivity index (χ2v) is 7.72. The molecular formula is C23H19BrClN3O4. The molecular weight excluding hydrogens is 498 g/mol. The zero-order chi connectivity index (χ0) is 22.9. The lowest BCUT2D eigenvalue weighted by molar-refractivity contribution is -0.136. The number of ether oxygens (including phenoxy) is 2. The number of carbonyl (C=O) groups is 2. The largest absolute Gasteiger partial charge is 0.497 e. The third-order valence-electron chi connectivity index (χ3n) is 4.21. The van der Waals surface area contributed by atoms with Crippen LogP contribution in [0, 0.1) is 0 Å². The van der Waals surface area contributed by atoms with E-state index < -0.39 is 11.8 Å². The number of anilines is 1. The molecule has 0 saturated carbocycles. The van der Waals surface area contributed by atoms with Gasteiger partial charge in [-0.25, -0.2) is 5.43 Å². The van der Waals surface area contributed by atoms with Crippen LogP contribution in [0.4, 0.5) is 5.69 Å². The van der Waals surface area contributed by atoms with Crippen molar-refractivity contribution < 1.29 is 19.1 Å². The van der Waals surface area contributed by atoms with Gasteiger partial charge in [0.05, 0.1) is 17.8 Å². The molecule has 0 spiro atoms. The molecule has 0 heterocycles. The number of hydrogen-bond acceptors (Lipinski definition) is 5. The average Bonchev–Trinajstić information content (AvgIpc) is 2.79. The van der Waals surface area contributed by atoms with E-state index in [2.05, 4.69) is 31.8 Å². The molecule has 0 aliphatic carbocycles. The molecule has 7 nitrogen and oxygen atoms in total. The molecule has 0 aromatic heterocycles. The van der Waals surface area contributed by atoms with Gasteiger partial charge in [-0.05, 0) is 57.9 Å². The fourth-order valence-electron chi connectivity index (χ4n) is 2.59. The van der Waals surface area contributed by atoms with Crippen molar-refractivity contribution in [3.8, 4) is 11.5 Å². The normalized spacial score (nSPS) is 10.6. The maximum atomic E-state index is 12.0. The third kappa shape index (κ3) is 6.57. The van der Waals surface area contributed by atoms with E-state index in [4.69, 9.17) is 21.1 Å². The molecule has 0 atom stereocenters. The van der Waals surface area contributed by atoms with Crippen LogP contribution in [0.1, 0.15) is 11.1 Å². The number of hydrazone groups is 1. The number of nitrogens with one attached hydrogen (secondary N) is 2. The van der Waals surface area contributed by atoms with E-state index in [0.717, 1.165) is 5.56 Å². The van der Waals surface area contributed by atoms with Crippen molar-refractivity contribution in [3.05, 3.63) is 87.4 Å². The van der Waals surface area contributed by atoms with Gasteiger partial charge in [-0.3, -0.25) is 9.59 Å². The van der Waals surface area contributed by atoms with Gasteiger partial charge >= 0.3 is 11.8 Å². The fraction of sp³-hybridized carbons (Fsp3) is 0.0870. The first-order valence-electron chi connectivity index (χ1n) is 9.40. The fourth-order valence-corrected chi connectivity index (χ4v) is 3.29. The standard InChI is InChI=1S/C23H19BrClN3O4/c1-31-18-7-4-6-17(12-18)27-22(29)23(30)28-26-13-15-9-10-21(19(24)11-15)32-14-16-5-2-3-8-20(16)25/h2-13H,14H2,1H3,(H,27,29)(H,28,30)/b26-13-. The molecule has 2 N–H and O–H groups in total. The number of rotatable bonds is 7. The number of carbonyl (C=O) groups excluding carboxylic acids is 2. The van der Waals surface area contributed by atoms with Crippen molar-refractivity contribution in [1.29, 1.82) is 0 Å². The van der Waals surface area contributed by atoms with E-state index in [0.29, 0.717) is 38.9 Å². The Morgan fingerprint density at radius 3 is 2.62 bits per heavy atom. The lowest BCUT2D eigenvalue weighted by Gasteiger charge is -2.10. The van der Waals surface area contributed by atoms with Crippen LogP contribution in [0.15, 0.2) is 76.3 Å². The Balaban J connectivity index is 1.53. The van der Waals surface area contributed by atoms with Crippen LogP contribution < -0.4 is 20.2 Å². The Labute approximate surface area is 198 Å². The predicted molar refractivity (Wildman–Crippen MR) is 127 cm³/mol. The molecule has 3 aromatic rings. The molecule has 0 radical (unpaired) electrons. The smallest absolute Gasteiger partial charge is 0.329 e. The summed E-state index contributed by atoms with van der Waals surface area (Å²) in [6.07, 6.45) is 1.42. The van der Waals surface area contributed by atoms with Gasteiger partial charge < -0.3 is 14.8 Å². The van der Waals surface area contributed by atoms with E-state index in [1.54, 1.807) is 48.5 Å². The van der Waals surface area contributed by atoms with Crippen molar-refractivity contribution in [2.75, 3.05) is 12.4 Å². The minimum atomic E-state index is -0.900. The number of halogens is 2. The second-order valence-electron chi connectivity index (χ2n) is 6.46. The minimum absolute atomic E-state index is 0.324. The Bertz CT molecular complexity index is 1150. The Hall–Kier alpha value is -3.36. The van der Waals surface area contributed by atoms with Gasteiger partial charge in [-0.15, -0.1) is 0 Å². The summed E-state index contributed by atoms with van der Waals surface area (Å²) in [5.41, 5.74) is 4.19. The van der Waals surface area contributed by atoms with Gasteiger partial charge in [-0.2, -0.15) is 5.10 Å². The SMILES string of the molecule is COc1cccc(NC(=O)C(=O)N/N=C\c2ccc(OCc3ccccc3Cl)c(Br)c2)c1. The van der Waals surface area contributed by atoms with E-state index in [1.807, 2.05) is 18.2 Å². The van der Waals surface area contributed by atoms with Crippen LogP contribution in [-0.2, 0) is 16.2 Å². The Kier molecular flexibility index (Phi) is 8.24. The summed E-state index contributed by atoms with van der Waals surface area (Å²) < 4.78 is 11.6. The Morgan fingerprint density at radius 1 is 1.06 bits per heavy atom. The lowest BCUT2D eigenvalue weighted by Crippen LogP contribution is -2.32. The molecule has 0 bridgehead atoms. The highest BCUT2D eigenvalue weighted by Gasteiger charge is 2.13. The zero-order valence-corrected chi connectivity index (χ0v) is 19.3. The van der Waals surface area contributed by atoms with Gasteiger partial charge in [0.1, 0.15) is 18.1 Å². The van der Waals surface area contributed by atoms with Crippen molar-refractivity contribution in [2.45, 2.75) is 6.61 Å². The quantitative estimate of drug-likeness (QED) is 0.269. The summed E-state index contributed by atoms with van der Waals surface area (Å²) >= 11 is 9.59. The summed E-state index contributed by atoms with van der Waals surface area (Å²) in [4.78, 5) is 23.9. The molecule has 0 aliphatic heterocycles. The van der Waals surface area contributed by atoms with Gasteiger partial charge in [0, 0.05) is 22.3 Å². The summed E-state index contributed by atoms with van der Waals surface area (Å²) in [6, 6.07) is 19.4. The van der Waals surface area contributed by atoms with Gasteiger partial charge in [0.15, 0.2) is 0 Å². The minimum Gasteiger partial charge on any atom is -0.497 e. The number of amides is 2. The average molecular weight is 517 g/mol. The second kappa shape index (κ2) is 11.3. The topological polar surface area (TPSA) is 89.0 Å². The monoisotopic (exact) mass is 515 g/mol. The maximum absolute atomic E-state index is 12.0. The first-order chi connectivity index (χ1) is 15.5. The molecule has 3 rings (SSSR count). The van der Waals surface area contributed by atoms with Crippen LogP contribution in [0.25, 0.3) is 0 Å². The van der Waals surface area contributed by atoms with Gasteiger partial charge in [0.25, 0.3) is 0 Å². The predicted octanol–water partition coefficient (Wildman–Crippen LogP) is 4.78. The van der Waals surface area contributed by atoms with Crippen molar-refractivity contribution in [3.63, 3.8) is 0 Å². The molecule has 3 aromatic carbocycles. The first kappa shape index (κ1) is 23.3. The van der Waals surface area contributed by atoms with Crippen LogP contribution >= 0.6 is 27.5 Å². The molecule has 164 valence electrons. The summed E-state index contributed by atoms with van der Waals surface area (Å²) in [7, 11) is 1.51. The molecule has 2 amide bonds. The van der Waals surface area contributed by atoms with Crippen LogP contribution in [0.3, 0.4) is 0 Å². The van der Waals surface area contributed by atoms with Crippen molar-refractivity contribution in [2.24, 2.45) is 5.10 Å². The lowest BCUT2D eigenvalue weighted by atomic mass is 10.2. The molecule has 9 heteroatoms. The van der Waals surface area contributed by atoms with E-state index in [-0.39, 0.29) is 0 Å². The van der Waals surface area contributed by atoms with Gasteiger partial charge in [-0.1, -0.05) is 35.9 Å². The van der Waals surface area contributed by atoms with E-state index in [9.17, 15) is 9.59 Å². The first-order valence-corrected chi connectivity index (χ1v) is 10.6. The van der Waals surface area contributed by atoms with Crippen LogP contribution in [0.5, 0.6) is 11.5 Å². The third-order valence-corrected chi connectivity index (χ3v) is 5.20. The number of nitrogens with zero attached hydrogens (tertiary/aromatic N) is 1. The summed E-state index contributed by atoms with van der Waals surface area (Å²) in [5, 5.41) is 6.94. The van der Waals surface area contributed by atoms with Gasteiger partial charge in [0.2, 0.25) is 0 Å². The number of hydrogen-bond donors (Lipinski definition) is 2. The summed E-state index contributed by atoms with van der Waals surface area (Å²) in [6.45, 7) is 0.324. The molecule has 0 aliphatic rings. The highest BCUT2D eigenvalue weighted by molar-refractivity contribution is 9.10. The number of methoxy groups -OCH3 is 1. The van der Waals surface area contributed by atoms with E-state index in [1.165, 1.54) is 13.3 Å². The highest BCUT2D eigenvalue weighted by atomic mass is 79.9. The maximum Gasteiger partial charge on any atom is 0.329 e.